The molecule has 0 amide bonds. The molecule has 0 saturated carbocycles. The van der Waals surface area contributed by atoms with E-state index < -0.39 is 0 Å². The van der Waals surface area contributed by atoms with E-state index in [9.17, 15) is 0 Å². The minimum Gasteiger partial charge on any atom is -0.375 e. The van der Waals surface area contributed by atoms with Crippen LogP contribution in [0.5, 0.6) is 0 Å². The van der Waals surface area contributed by atoms with Crippen LogP contribution in [0.1, 0.15) is 70.5 Å². The highest BCUT2D eigenvalue weighted by Crippen LogP contribution is 2.42. The molecule has 3 rings (SSSR count). The van der Waals surface area contributed by atoms with Crippen LogP contribution >= 0.6 is 0 Å². The van der Waals surface area contributed by atoms with Gasteiger partial charge in [0, 0.05) is 18.7 Å². The third-order valence-corrected chi connectivity index (χ3v) is 5.26. The van der Waals surface area contributed by atoms with Gasteiger partial charge in [-0.3, -0.25) is 0 Å². The molecule has 0 bridgehead atoms. The van der Waals surface area contributed by atoms with Crippen LogP contribution in [0.2, 0.25) is 0 Å². The van der Waals surface area contributed by atoms with E-state index >= 15 is 0 Å². The molecule has 0 aromatic heterocycles. The van der Waals surface area contributed by atoms with E-state index in [1.54, 1.807) is 0 Å². The van der Waals surface area contributed by atoms with Crippen LogP contribution in [-0.4, -0.2) is 18.2 Å². The molecule has 116 valence electrons. The first-order valence-corrected chi connectivity index (χ1v) is 8.37. The lowest BCUT2D eigenvalue weighted by atomic mass is 9.71. The van der Waals surface area contributed by atoms with E-state index in [1.807, 2.05) is 0 Å². The highest BCUT2D eigenvalue weighted by atomic mass is 16.5. The summed E-state index contributed by atoms with van der Waals surface area (Å²) < 4.78 is 5.85. The van der Waals surface area contributed by atoms with Crippen molar-refractivity contribution in [3.63, 3.8) is 0 Å². The van der Waals surface area contributed by atoms with Crippen molar-refractivity contribution in [3.05, 3.63) is 35.4 Å². The Bertz CT molecular complexity index is 506. The van der Waals surface area contributed by atoms with Crippen molar-refractivity contribution in [3.8, 4) is 0 Å². The van der Waals surface area contributed by atoms with Crippen molar-refractivity contribution in [1.82, 2.24) is 5.32 Å². The Hall–Kier alpha value is -0.860. The van der Waals surface area contributed by atoms with Gasteiger partial charge >= 0.3 is 0 Å². The van der Waals surface area contributed by atoms with E-state index in [2.05, 4.69) is 57.3 Å². The molecular formula is C19H29NO. The van der Waals surface area contributed by atoms with Crippen molar-refractivity contribution < 1.29 is 4.74 Å². The van der Waals surface area contributed by atoms with E-state index in [-0.39, 0.29) is 5.60 Å². The predicted molar refractivity (Wildman–Crippen MR) is 87.6 cm³/mol. The number of benzene rings is 1. The fourth-order valence-corrected chi connectivity index (χ4v) is 4.04. The van der Waals surface area contributed by atoms with E-state index in [4.69, 9.17) is 4.74 Å². The smallest absolute Gasteiger partial charge is 0.0641 e. The minimum absolute atomic E-state index is 0.0172. The molecule has 2 unspecified atom stereocenters. The number of ether oxygens (including phenoxy) is 1. The van der Waals surface area contributed by atoms with Gasteiger partial charge in [0.15, 0.2) is 0 Å². The third kappa shape index (κ3) is 3.17. The normalized spacial score (nSPS) is 30.7. The van der Waals surface area contributed by atoms with Crippen LogP contribution in [0.3, 0.4) is 0 Å². The van der Waals surface area contributed by atoms with Crippen molar-refractivity contribution >= 4 is 0 Å². The first-order valence-electron chi connectivity index (χ1n) is 8.37. The van der Waals surface area contributed by atoms with Gasteiger partial charge in [0.2, 0.25) is 0 Å². The van der Waals surface area contributed by atoms with Crippen molar-refractivity contribution in [2.45, 2.75) is 76.5 Å². The SMILES string of the molecule is CC1(C)CC(NC2CCC(C)(C)c3ccccc32)CCO1. The second-order valence-corrected chi connectivity index (χ2v) is 8.03. The molecule has 1 saturated heterocycles. The van der Waals surface area contributed by atoms with Gasteiger partial charge < -0.3 is 10.1 Å². The fourth-order valence-electron chi connectivity index (χ4n) is 4.04. The Labute approximate surface area is 129 Å². The van der Waals surface area contributed by atoms with Crippen molar-refractivity contribution in [2.75, 3.05) is 6.61 Å². The molecule has 21 heavy (non-hydrogen) atoms. The topological polar surface area (TPSA) is 21.3 Å². The van der Waals surface area contributed by atoms with Crippen LogP contribution in [0.4, 0.5) is 0 Å². The van der Waals surface area contributed by atoms with E-state index in [0.29, 0.717) is 17.5 Å². The summed E-state index contributed by atoms with van der Waals surface area (Å²) in [5.41, 5.74) is 3.37. The first kappa shape index (κ1) is 15.1. The van der Waals surface area contributed by atoms with Crippen LogP contribution in [0.15, 0.2) is 24.3 Å². The van der Waals surface area contributed by atoms with Crippen LogP contribution in [0, 0.1) is 0 Å². The Kier molecular flexibility index (Phi) is 3.87. The lowest BCUT2D eigenvalue weighted by Crippen LogP contribution is -2.46. The van der Waals surface area contributed by atoms with E-state index in [0.717, 1.165) is 19.4 Å². The van der Waals surface area contributed by atoms with Gasteiger partial charge in [-0.05, 0) is 56.1 Å². The number of fused-ring (bicyclic) bond motifs is 1. The van der Waals surface area contributed by atoms with Gasteiger partial charge in [0.1, 0.15) is 0 Å². The third-order valence-electron chi connectivity index (χ3n) is 5.26. The Morgan fingerprint density at radius 3 is 2.62 bits per heavy atom. The molecule has 2 atom stereocenters. The Morgan fingerprint density at radius 2 is 1.86 bits per heavy atom. The number of hydrogen-bond donors (Lipinski definition) is 1. The van der Waals surface area contributed by atoms with Gasteiger partial charge in [0.05, 0.1) is 5.60 Å². The van der Waals surface area contributed by atoms with E-state index in [1.165, 1.54) is 24.0 Å². The second-order valence-electron chi connectivity index (χ2n) is 8.03. The standard InChI is InChI=1S/C19H29NO/c1-18(2)11-9-17(15-7-5-6-8-16(15)18)20-14-10-12-21-19(3,4)13-14/h5-8,14,17,20H,9-13H2,1-4H3. The number of rotatable bonds is 2. The summed E-state index contributed by atoms with van der Waals surface area (Å²) >= 11 is 0. The molecule has 0 radical (unpaired) electrons. The molecular weight excluding hydrogens is 258 g/mol. The zero-order chi connectivity index (χ0) is 15.1. The maximum Gasteiger partial charge on any atom is 0.0641 e. The van der Waals surface area contributed by atoms with Gasteiger partial charge in [0.25, 0.3) is 0 Å². The summed E-state index contributed by atoms with van der Waals surface area (Å²) in [4.78, 5) is 0. The number of hydrogen-bond acceptors (Lipinski definition) is 2. The molecule has 1 N–H and O–H groups in total. The molecule has 1 heterocycles. The highest BCUT2D eigenvalue weighted by molar-refractivity contribution is 5.38. The molecule has 1 aromatic carbocycles. The molecule has 1 aliphatic heterocycles. The molecule has 2 aliphatic rings. The van der Waals surface area contributed by atoms with Gasteiger partial charge in [-0.25, -0.2) is 0 Å². The predicted octanol–water partition coefficient (Wildman–Crippen LogP) is 4.35. The van der Waals surface area contributed by atoms with Crippen LogP contribution in [-0.2, 0) is 10.2 Å². The lowest BCUT2D eigenvalue weighted by Gasteiger charge is -2.42. The summed E-state index contributed by atoms with van der Waals surface area (Å²) in [6, 6.07) is 10.1. The summed E-state index contributed by atoms with van der Waals surface area (Å²) in [6.45, 7) is 10.0. The summed E-state index contributed by atoms with van der Waals surface area (Å²) in [6.07, 6.45) is 4.73. The monoisotopic (exact) mass is 287 g/mol. The molecule has 0 spiro atoms. The zero-order valence-corrected chi connectivity index (χ0v) is 13.9. The maximum atomic E-state index is 5.85. The Morgan fingerprint density at radius 1 is 1.10 bits per heavy atom. The largest absolute Gasteiger partial charge is 0.375 e. The molecule has 2 heteroatoms. The molecule has 1 aromatic rings. The quantitative estimate of drug-likeness (QED) is 0.873. The molecule has 2 nitrogen and oxygen atoms in total. The first-order chi connectivity index (χ1) is 9.87. The van der Waals surface area contributed by atoms with Gasteiger partial charge in [-0.2, -0.15) is 0 Å². The van der Waals surface area contributed by atoms with Crippen molar-refractivity contribution in [2.24, 2.45) is 0 Å². The minimum atomic E-state index is 0.0172. The molecule has 1 fully saturated rings. The summed E-state index contributed by atoms with van der Waals surface area (Å²) in [5, 5.41) is 3.93. The average molecular weight is 287 g/mol. The van der Waals surface area contributed by atoms with Gasteiger partial charge in [-0.15, -0.1) is 0 Å². The molecule has 1 aliphatic carbocycles. The lowest BCUT2D eigenvalue weighted by molar-refractivity contribution is -0.0645. The highest BCUT2D eigenvalue weighted by Gasteiger charge is 2.35. The van der Waals surface area contributed by atoms with Crippen molar-refractivity contribution in [1.29, 1.82) is 0 Å². The van der Waals surface area contributed by atoms with Gasteiger partial charge in [-0.1, -0.05) is 38.1 Å². The Balaban J connectivity index is 1.78. The second kappa shape index (κ2) is 5.40. The van der Waals surface area contributed by atoms with Crippen LogP contribution < -0.4 is 5.32 Å². The van der Waals surface area contributed by atoms with Crippen LogP contribution in [0.25, 0.3) is 0 Å². The zero-order valence-electron chi connectivity index (χ0n) is 13.9. The summed E-state index contributed by atoms with van der Waals surface area (Å²) in [7, 11) is 0. The average Bonchev–Trinajstić information content (AvgIpc) is 2.41. The number of nitrogens with one attached hydrogen (secondary N) is 1. The summed E-state index contributed by atoms with van der Waals surface area (Å²) in [5.74, 6) is 0. The fraction of sp³-hybridized carbons (Fsp3) is 0.684. The maximum absolute atomic E-state index is 5.85.